The van der Waals surface area contributed by atoms with E-state index in [9.17, 15) is 0 Å². The van der Waals surface area contributed by atoms with Gasteiger partial charge in [0.15, 0.2) is 5.75 Å². The van der Waals surface area contributed by atoms with Crippen molar-refractivity contribution >= 4 is 0 Å². The standard InChI is InChI=1S/C23H25N3O2/c1-23(2,16-3-7-19(8-4-16)27-21-11-18(24)12-21)17-5-9-20(10-6-17)28-22-13-25-15-26-14-22/h3-10,13-15,18,21H,11-12,24H2,1-2H3/t18-,21-. The van der Waals surface area contributed by atoms with Gasteiger partial charge in [0.1, 0.15) is 23.9 Å². The SMILES string of the molecule is CC(C)(c1ccc(Oc2cncnc2)cc1)c1ccc(O[C@H]2C[C@H](N)C2)cc1. The molecule has 28 heavy (non-hydrogen) atoms. The van der Waals surface area contributed by atoms with E-state index >= 15 is 0 Å². The highest BCUT2D eigenvalue weighted by atomic mass is 16.5. The average molecular weight is 375 g/mol. The van der Waals surface area contributed by atoms with Gasteiger partial charge < -0.3 is 15.2 Å². The minimum Gasteiger partial charge on any atom is -0.490 e. The summed E-state index contributed by atoms with van der Waals surface area (Å²) in [4.78, 5) is 7.92. The normalized spacial score (nSPS) is 19.0. The van der Waals surface area contributed by atoms with E-state index in [2.05, 4.69) is 48.1 Å². The number of rotatable bonds is 6. The van der Waals surface area contributed by atoms with Crippen LogP contribution in [-0.4, -0.2) is 22.1 Å². The molecule has 1 aromatic heterocycles. The van der Waals surface area contributed by atoms with E-state index in [4.69, 9.17) is 15.2 Å². The Morgan fingerprint density at radius 1 is 0.821 bits per heavy atom. The molecule has 1 aliphatic carbocycles. The number of nitrogens with two attached hydrogens (primary N) is 1. The van der Waals surface area contributed by atoms with Crippen LogP contribution in [0.1, 0.15) is 37.8 Å². The van der Waals surface area contributed by atoms with Gasteiger partial charge in [-0.05, 0) is 48.2 Å². The molecule has 0 saturated heterocycles. The molecule has 1 heterocycles. The molecule has 0 aliphatic heterocycles. The maximum Gasteiger partial charge on any atom is 0.163 e. The Hall–Kier alpha value is -2.92. The van der Waals surface area contributed by atoms with Crippen molar-refractivity contribution in [2.75, 3.05) is 0 Å². The lowest BCUT2D eigenvalue weighted by molar-refractivity contribution is 0.101. The Kier molecular flexibility index (Phi) is 5.01. The molecule has 144 valence electrons. The molecule has 1 fully saturated rings. The van der Waals surface area contributed by atoms with Crippen LogP contribution in [0.5, 0.6) is 17.2 Å². The second-order valence-corrected chi connectivity index (χ2v) is 7.82. The Morgan fingerprint density at radius 2 is 1.36 bits per heavy atom. The predicted molar refractivity (Wildman–Crippen MR) is 109 cm³/mol. The average Bonchev–Trinajstić information content (AvgIpc) is 2.68. The fourth-order valence-electron chi connectivity index (χ4n) is 3.43. The van der Waals surface area contributed by atoms with E-state index in [1.165, 1.54) is 17.5 Å². The smallest absolute Gasteiger partial charge is 0.163 e. The third kappa shape index (κ3) is 3.99. The van der Waals surface area contributed by atoms with Crippen molar-refractivity contribution in [1.82, 2.24) is 9.97 Å². The molecule has 1 saturated carbocycles. The van der Waals surface area contributed by atoms with Gasteiger partial charge in [0.25, 0.3) is 0 Å². The van der Waals surface area contributed by atoms with Crippen LogP contribution >= 0.6 is 0 Å². The van der Waals surface area contributed by atoms with Crippen molar-refractivity contribution in [2.45, 2.75) is 44.2 Å². The van der Waals surface area contributed by atoms with Crippen molar-refractivity contribution in [2.24, 2.45) is 5.73 Å². The lowest BCUT2D eigenvalue weighted by Gasteiger charge is -2.33. The van der Waals surface area contributed by atoms with Crippen molar-refractivity contribution in [1.29, 1.82) is 0 Å². The fourth-order valence-corrected chi connectivity index (χ4v) is 3.43. The van der Waals surface area contributed by atoms with Gasteiger partial charge in [-0.2, -0.15) is 0 Å². The number of aromatic nitrogens is 2. The minimum absolute atomic E-state index is 0.133. The van der Waals surface area contributed by atoms with Crippen LogP contribution in [0.15, 0.2) is 67.3 Å². The molecule has 0 radical (unpaired) electrons. The van der Waals surface area contributed by atoms with Gasteiger partial charge in [0.2, 0.25) is 0 Å². The Morgan fingerprint density at radius 3 is 1.89 bits per heavy atom. The van der Waals surface area contributed by atoms with E-state index < -0.39 is 0 Å². The largest absolute Gasteiger partial charge is 0.490 e. The summed E-state index contributed by atoms with van der Waals surface area (Å²) in [6.07, 6.45) is 6.91. The second kappa shape index (κ2) is 7.60. The maximum atomic E-state index is 5.96. The highest BCUT2D eigenvalue weighted by Crippen LogP contribution is 2.34. The molecule has 0 unspecified atom stereocenters. The van der Waals surface area contributed by atoms with Crippen LogP contribution in [0.4, 0.5) is 0 Å². The third-order valence-electron chi connectivity index (χ3n) is 5.36. The Balaban J connectivity index is 1.45. The van der Waals surface area contributed by atoms with Gasteiger partial charge in [0.05, 0.1) is 12.4 Å². The summed E-state index contributed by atoms with van der Waals surface area (Å²) in [5.41, 5.74) is 8.14. The fraction of sp³-hybridized carbons (Fsp3) is 0.304. The molecule has 2 aromatic carbocycles. The summed E-state index contributed by atoms with van der Waals surface area (Å²) in [7, 11) is 0. The summed E-state index contributed by atoms with van der Waals surface area (Å²) in [5, 5.41) is 0. The summed E-state index contributed by atoms with van der Waals surface area (Å²) in [5.74, 6) is 2.29. The molecule has 0 amide bonds. The molecule has 2 N–H and O–H groups in total. The molecule has 5 heteroatoms. The Labute approximate surface area is 165 Å². The van der Waals surface area contributed by atoms with E-state index in [0.717, 1.165) is 24.3 Å². The predicted octanol–water partition coefficient (Wildman–Crippen LogP) is 4.46. The van der Waals surface area contributed by atoms with E-state index in [1.807, 2.05) is 24.3 Å². The van der Waals surface area contributed by atoms with E-state index in [1.54, 1.807) is 12.4 Å². The molecule has 5 nitrogen and oxygen atoms in total. The van der Waals surface area contributed by atoms with Gasteiger partial charge in [0, 0.05) is 11.5 Å². The first-order chi connectivity index (χ1) is 13.5. The first kappa shape index (κ1) is 18.4. The summed E-state index contributed by atoms with van der Waals surface area (Å²) in [6, 6.07) is 16.8. The topological polar surface area (TPSA) is 70.3 Å². The third-order valence-corrected chi connectivity index (χ3v) is 5.36. The van der Waals surface area contributed by atoms with E-state index in [0.29, 0.717) is 11.8 Å². The number of ether oxygens (including phenoxy) is 2. The van der Waals surface area contributed by atoms with Crippen LogP contribution in [0.2, 0.25) is 0 Å². The number of hydrogen-bond acceptors (Lipinski definition) is 5. The zero-order valence-corrected chi connectivity index (χ0v) is 16.2. The quantitative estimate of drug-likeness (QED) is 0.689. The highest BCUT2D eigenvalue weighted by molar-refractivity contribution is 5.42. The second-order valence-electron chi connectivity index (χ2n) is 7.82. The van der Waals surface area contributed by atoms with Gasteiger partial charge in [-0.1, -0.05) is 38.1 Å². The molecule has 0 atom stereocenters. The zero-order chi connectivity index (χ0) is 19.6. The van der Waals surface area contributed by atoms with Crippen LogP contribution in [0.3, 0.4) is 0 Å². The molecule has 1 aliphatic rings. The van der Waals surface area contributed by atoms with Crippen molar-refractivity contribution in [3.63, 3.8) is 0 Å². The minimum atomic E-state index is -0.133. The molecular formula is C23H25N3O2. The monoisotopic (exact) mass is 375 g/mol. The summed E-state index contributed by atoms with van der Waals surface area (Å²) in [6.45, 7) is 4.43. The van der Waals surface area contributed by atoms with E-state index in [-0.39, 0.29) is 11.5 Å². The Bertz CT molecular complexity index is 903. The number of hydrogen-bond donors (Lipinski definition) is 1. The van der Waals surface area contributed by atoms with Crippen molar-refractivity contribution in [3.8, 4) is 17.2 Å². The lowest BCUT2D eigenvalue weighted by atomic mass is 9.78. The lowest BCUT2D eigenvalue weighted by Crippen LogP contribution is -2.43. The number of nitrogens with zero attached hydrogens (tertiary/aromatic N) is 2. The zero-order valence-electron chi connectivity index (χ0n) is 16.2. The van der Waals surface area contributed by atoms with Crippen LogP contribution in [-0.2, 0) is 5.41 Å². The van der Waals surface area contributed by atoms with Gasteiger partial charge in [-0.25, -0.2) is 9.97 Å². The van der Waals surface area contributed by atoms with Crippen LogP contribution in [0, 0.1) is 0 Å². The molecule has 0 bridgehead atoms. The summed E-state index contributed by atoms with van der Waals surface area (Å²) < 4.78 is 11.7. The van der Waals surface area contributed by atoms with Crippen molar-refractivity contribution < 1.29 is 9.47 Å². The highest BCUT2D eigenvalue weighted by Gasteiger charge is 2.28. The molecule has 4 rings (SSSR count). The van der Waals surface area contributed by atoms with Crippen LogP contribution in [0.25, 0.3) is 0 Å². The first-order valence-corrected chi connectivity index (χ1v) is 9.57. The number of benzene rings is 2. The van der Waals surface area contributed by atoms with Crippen molar-refractivity contribution in [3.05, 3.63) is 78.4 Å². The van der Waals surface area contributed by atoms with Gasteiger partial charge in [-0.3, -0.25) is 0 Å². The first-order valence-electron chi connectivity index (χ1n) is 9.57. The van der Waals surface area contributed by atoms with Crippen LogP contribution < -0.4 is 15.2 Å². The maximum absolute atomic E-state index is 5.96. The van der Waals surface area contributed by atoms with Gasteiger partial charge in [-0.15, -0.1) is 0 Å². The summed E-state index contributed by atoms with van der Waals surface area (Å²) >= 11 is 0. The van der Waals surface area contributed by atoms with Gasteiger partial charge >= 0.3 is 0 Å². The molecule has 0 spiro atoms. The molecule has 3 aromatic rings. The molecular weight excluding hydrogens is 350 g/mol.